The minimum Gasteiger partial charge on any atom is -0.648 e. The minimum atomic E-state index is -0.725. The molecule has 1 heterocycles. The molecular formula is C32H46N5O8RbS. The van der Waals surface area contributed by atoms with Gasteiger partial charge in [0.2, 0.25) is 23.6 Å². The van der Waals surface area contributed by atoms with Crippen LogP contribution < -0.4 is 74.1 Å². The summed E-state index contributed by atoms with van der Waals surface area (Å²) in [4.78, 5) is 85.2. The van der Waals surface area contributed by atoms with Crippen molar-refractivity contribution in [2.45, 2.75) is 64.2 Å². The molecule has 3 N–H and O–H groups in total. The number of imide groups is 1. The number of unbranched alkanes of at least 4 members (excludes halogenated alkanes) is 2. The molecule has 0 spiro atoms. The third kappa shape index (κ3) is 18.2. The molecule has 1 atom stereocenters. The Balaban J connectivity index is 0.0000110. The summed E-state index contributed by atoms with van der Waals surface area (Å²) in [6, 6.07) is 7.25. The topological polar surface area (TPSA) is 182 Å². The van der Waals surface area contributed by atoms with Crippen LogP contribution in [0.3, 0.4) is 0 Å². The number of ketones is 2. The number of thioether (sulfide) groups is 1. The molecule has 1 aliphatic heterocycles. The Morgan fingerprint density at radius 3 is 2.36 bits per heavy atom. The largest absolute Gasteiger partial charge is 1.00 e. The average molecular weight is 746 g/mol. The first-order valence-electron chi connectivity index (χ1n) is 15.2. The van der Waals surface area contributed by atoms with E-state index in [1.165, 1.54) is 0 Å². The molecule has 0 saturated carbocycles. The predicted octanol–water partition coefficient (Wildman–Crippen LogP) is -1.17. The molecule has 1 aliphatic rings. The molecule has 1 aromatic carbocycles. The summed E-state index contributed by atoms with van der Waals surface area (Å²) in [5.74, 6) is -2.10. The molecule has 0 aromatic heterocycles. The van der Waals surface area contributed by atoms with Gasteiger partial charge in [0.05, 0.1) is 30.1 Å². The van der Waals surface area contributed by atoms with Crippen LogP contribution >= 0.6 is 11.8 Å². The van der Waals surface area contributed by atoms with Crippen molar-refractivity contribution in [1.82, 2.24) is 20.9 Å². The van der Waals surface area contributed by atoms with Crippen LogP contribution in [0.5, 0.6) is 0 Å². The fraction of sp³-hybridized carbons (Fsp3) is 0.531. The van der Waals surface area contributed by atoms with Crippen LogP contribution in [0, 0.1) is 0 Å². The van der Waals surface area contributed by atoms with Crippen LogP contribution in [0.1, 0.15) is 58.5 Å². The van der Waals surface area contributed by atoms with E-state index in [0.29, 0.717) is 13.0 Å². The van der Waals surface area contributed by atoms with Crippen LogP contribution in [0.25, 0.3) is 5.32 Å². The number of carbonyl (C=O) groups is 7. The van der Waals surface area contributed by atoms with Crippen molar-refractivity contribution in [2.75, 3.05) is 45.6 Å². The molecule has 13 nitrogen and oxygen atoms in total. The molecule has 15 heteroatoms. The first-order chi connectivity index (χ1) is 22.0. The number of likely N-dealkylation sites (tertiary alicyclic amines) is 1. The van der Waals surface area contributed by atoms with E-state index >= 15 is 0 Å². The maximum atomic E-state index is 12.6. The summed E-state index contributed by atoms with van der Waals surface area (Å²) in [6.07, 6.45) is 4.64. The molecule has 47 heavy (non-hydrogen) atoms. The number of nitrogens with one attached hydrogen (secondary N) is 3. The van der Waals surface area contributed by atoms with Crippen LogP contribution in [0.15, 0.2) is 36.0 Å². The third-order valence-electron chi connectivity index (χ3n) is 6.85. The monoisotopic (exact) mass is 745 g/mol. The summed E-state index contributed by atoms with van der Waals surface area (Å²) in [7, 11) is 1.75. The average Bonchev–Trinajstić information content (AvgIpc) is 3.28. The first-order valence-corrected chi connectivity index (χ1v) is 16.3. The number of carbonyl (C=O) groups excluding carboxylic acids is 7. The zero-order valence-corrected chi connectivity index (χ0v) is 33.5. The van der Waals surface area contributed by atoms with Crippen molar-refractivity contribution in [1.29, 1.82) is 0 Å². The van der Waals surface area contributed by atoms with Crippen molar-refractivity contribution in [3.8, 4) is 0 Å². The second-order valence-electron chi connectivity index (χ2n) is 10.8. The first kappa shape index (κ1) is 42.8. The molecule has 1 unspecified atom stereocenters. The van der Waals surface area contributed by atoms with Crippen LogP contribution in [-0.2, 0) is 51.3 Å². The molecule has 0 bridgehead atoms. The zero-order chi connectivity index (χ0) is 33.9. The summed E-state index contributed by atoms with van der Waals surface area (Å²) in [5, 5.41) is 11.5. The van der Waals surface area contributed by atoms with Crippen LogP contribution in [0.2, 0.25) is 0 Å². The standard InChI is InChI=1S/C32H45N5O8S.Rb.H2/c1-22(33-3)15-26(39)16-24-8-10-25(11-9-24)18-36-29(41)20-45-14-13-35-28(40)19-37-31(43)17-27(32(37)44)46-21-30(42)34-12-6-4-5-7-23(2)38;;/h8-11,15,27H,4-7,12-14,16-21H2,1-3H3,(H4,33,34,35,36,39,40,41,42);;1H/q;+1;/p-1. The Morgan fingerprint density at radius 2 is 1.68 bits per heavy atom. The van der Waals surface area contributed by atoms with Crippen molar-refractivity contribution < 1.29 is 97.9 Å². The van der Waals surface area contributed by atoms with Gasteiger partial charge in [0.25, 0.3) is 0 Å². The molecule has 0 aliphatic carbocycles. The SMILES string of the molecule is CN/C(C)=C\C(=O)Cc1ccc(C[N-]C(=O)COCCNC(=O)CN2C(=O)CC(SCC(=O)NCCCCCC(C)=O)C2=O)cc1.[HH].[Rb+]. The molecule has 1 saturated heterocycles. The molecular weight excluding hydrogens is 700 g/mol. The number of rotatable bonds is 22. The van der Waals surface area contributed by atoms with Gasteiger partial charge >= 0.3 is 58.2 Å². The van der Waals surface area contributed by atoms with Gasteiger partial charge in [-0.05, 0) is 32.3 Å². The number of nitrogens with zero attached hydrogens (tertiary/aromatic N) is 2. The number of benzene rings is 1. The number of Topliss-reactive ketones (excluding diaryl/α,β-unsaturated/α-hetero) is 1. The summed E-state index contributed by atoms with van der Waals surface area (Å²) >= 11 is 1.06. The van der Waals surface area contributed by atoms with Gasteiger partial charge in [-0.15, -0.1) is 18.3 Å². The fourth-order valence-electron chi connectivity index (χ4n) is 4.26. The van der Waals surface area contributed by atoms with Gasteiger partial charge in [0.15, 0.2) is 5.78 Å². The van der Waals surface area contributed by atoms with E-state index in [-0.39, 0.29) is 122 Å². The maximum Gasteiger partial charge on any atom is 1.00 e. The van der Waals surface area contributed by atoms with E-state index in [4.69, 9.17) is 4.74 Å². The van der Waals surface area contributed by atoms with Crippen molar-refractivity contribution >= 4 is 52.9 Å². The number of allylic oxidation sites excluding steroid dienone is 2. The number of amides is 5. The number of hydrogen-bond acceptors (Lipinski definition) is 10. The molecule has 0 radical (unpaired) electrons. The van der Waals surface area contributed by atoms with Crippen LogP contribution in [0.4, 0.5) is 0 Å². The second-order valence-corrected chi connectivity index (χ2v) is 12.0. The zero-order valence-electron chi connectivity index (χ0n) is 27.7. The van der Waals surface area contributed by atoms with Crippen molar-refractivity contribution in [3.05, 3.63) is 52.5 Å². The van der Waals surface area contributed by atoms with E-state index in [9.17, 15) is 33.6 Å². The molecule has 254 valence electrons. The van der Waals surface area contributed by atoms with Gasteiger partial charge in [-0.25, -0.2) is 0 Å². The summed E-state index contributed by atoms with van der Waals surface area (Å²) in [5.41, 5.74) is 2.45. The van der Waals surface area contributed by atoms with Crippen molar-refractivity contribution in [2.24, 2.45) is 0 Å². The van der Waals surface area contributed by atoms with E-state index < -0.39 is 35.4 Å². The molecule has 1 aromatic rings. The van der Waals surface area contributed by atoms with Gasteiger partial charge in [-0.2, -0.15) is 0 Å². The van der Waals surface area contributed by atoms with Crippen molar-refractivity contribution in [3.63, 3.8) is 0 Å². The van der Waals surface area contributed by atoms with E-state index in [2.05, 4.69) is 21.3 Å². The Bertz CT molecular complexity index is 1280. The maximum absolute atomic E-state index is 12.6. The Morgan fingerprint density at radius 1 is 1.00 bits per heavy atom. The Labute approximate surface area is 330 Å². The molecule has 1 fully saturated rings. The fourth-order valence-corrected chi connectivity index (χ4v) is 5.24. The number of ether oxygens (including phenoxy) is 1. The van der Waals surface area contributed by atoms with E-state index in [1.807, 2.05) is 31.2 Å². The second kappa shape index (κ2) is 24.0. The quantitative estimate of drug-likeness (QED) is 0.0744. The smallest absolute Gasteiger partial charge is 0.648 e. The predicted molar refractivity (Wildman–Crippen MR) is 176 cm³/mol. The minimum absolute atomic E-state index is 0. The van der Waals surface area contributed by atoms with E-state index in [1.54, 1.807) is 20.0 Å². The molecule has 2 rings (SSSR count). The number of hydrogen-bond donors (Lipinski definition) is 3. The summed E-state index contributed by atoms with van der Waals surface area (Å²) < 4.78 is 5.27. The summed E-state index contributed by atoms with van der Waals surface area (Å²) in [6.45, 7) is 3.39. The van der Waals surface area contributed by atoms with Gasteiger partial charge in [0, 0.05) is 52.6 Å². The van der Waals surface area contributed by atoms with Gasteiger partial charge in [0.1, 0.15) is 12.3 Å². The Hall–Kier alpha value is -2.23. The van der Waals surface area contributed by atoms with Gasteiger partial charge < -0.3 is 35.6 Å². The Kier molecular flexibility index (Phi) is 21.8. The van der Waals surface area contributed by atoms with E-state index in [0.717, 1.165) is 52.7 Å². The van der Waals surface area contributed by atoms with Crippen LogP contribution in [-0.4, -0.2) is 96.9 Å². The third-order valence-corrected chi connectivity index (χ3v) is 8.05. The van der Waals surface area contributed by atoms with Gasteiger partial charge in [-0.3, -0.25) is 28.9 Å². The normalized spacial score (nSPS) is 14.3. The molecule has 5 amide bonds. The van der Waals surface area contributed by atoms with Gasteiger partial charge in [-0.1, -0.05) is 36.2 Å².